The lowest BCUT2D eigenvalue weighted by molar-refractivity contribution is -0.127. The third-order valence-corrected chi connectivity index (χ3v) is 5.89. The van der Waals surface area contributed by atoms with E-state index in [1.165, 1.54) is 18.9 Å². The van der Waals surface area contributed by atoms with Gasteiger partial charge in [0.25, 0.3) is 0 Å². The Hall–Kier alpha value is -2.79. The van der Waals surface area contributed by atoms with Crippen molar-refractivity contribution in [2.45, 2.75) is 25.2 Å². The molecule has 1 saturated heterocycles. The predicted octanol–water partition coefficient (Wildman–Crippen LogP) is 2.17. The molecule has 0 bridgehead atoms. The molecule has 0 spiro atoms. The van der Waals surface area contributed by atoms with Crippen LogP contribution in [0.5, 0.6) is 0 Å². The van der Waals surface area contributed by atoms with E-state index in [1.807, 2.05) is 4.90 Å². The Morgan fingerprint density at radius 3 is 2.57 bits per heavy atom. The van der Waals surface area contributed by atoms with Crippen LogP contribution in [0.2, 0.25) is 0 Å². The number of carbonyl (C=O) groups excluding carboxylic acids is 3. The van der Waals surface area contributed by atoms with Gasteiger partial charge < -0.3 is 15.0 Å². The quantitative estimate of drug-likeness (QED) is 0.762. The number of nitrogens with zero attached hydrogens (tertiary/aromatic N) is 2. The number of allylic oxidation sites excluding steroid dienone is 1. The Balaban J connectivity index is 1.79. The monoisotopic (exact) mass is 399 g/mol. The van der Waals surface area contributed by atoms with Crippen molar-refractivity contribution in [3.63, 3.8) is 0 Å². The number of amides is 2. The number of thioether (sulfide) groups is 1. The fourth-order valence-electron chi connectivity index (χ4n) is 3.38. The highest BCUT2D eigenvalue weighted by atomic mass is 32.2. The van der Waals surface area contributed by atoms with E-state index < -0.39 is 11.9 Å². The average molecular weight is 399 g/mol. The lowest BCUT2D eigenvalue weighted by Gasteiger charge is -2.25. The molecule has 146 valence electrons. The largest absolute Gasteiger partial charge is 0.465 e. The summed E-state index contributed by atoms with van der Waals surface area (Å²) in [5.41, 5.74) is 1.60. The molecule has 0 aliphatic carbocycles. The molecule has 3 rings (SSSR count). The SMILES string of the molecule is COC(=O)c1ccc([C@@H]2CC(=O)NC(SCC(=O)N3CCCC3)=C2C#N)cc1. The van der Waals surface area contributed by atoms with Gasteiger partial charge in [0.1, 0.15) is 0 Å². The minimum atomic E-state index is -0.444. The second kappa shape index (κ2) is 8.93. The van der Waals surface area contributed by atoms with Crippen molar-refractivity contribution in [3.05, 3.63) is 46.0 Å². The molecule has 1 aromatic carbocycles. The molecule has 2 aliphatic heterocycles. The van der Waals surface area contributed by atoms with Crippen LogP contribution in [0.15, 0.2) is 34.9 Å². The molecular weight excluding hydrogens is 378 g/mol. The molecule has 2 heterocycles. The Bertz CT molecular complexity index is 851. The van der Waals surface area contributed by atoms with Gasteiger partial charge in [0.15, 0.2) is 0 Å². The summed E-state index contributed by atoms with van der Waals surface area (Å²) in [6, 6.07) is 8.88. The van der Waals surface area contributed by atoms with E-state index in [0.717, 1.165) is 31.5 Å². The van der Waals surface area contributed by atoms with Crippen LogP contribution in [-0.2, 0) is 14.3 Å². The molecule has 2 aliphatic rings. The van der Waals surface area contributed by atoms with Crippen molar-refractivity contribution in [1.82, 2.24) is 10.2 Å². The predicted molar refractivity (Wildman–Crippen MR) is 104 cm³/mol. The Labute approximate surface area is 167 Å². The van der Waals surface area contributed by atoms with Crippen LogP contribution in [0.4, 0.5) is 0 Å². The van der Waals surface area contributed by atoms with Crippen LogP contribution >= 0.6 is 11.8 Å². The molecule has 0 saturated carbocycles. The first-order valence-electron chi connectivity index (χ1n) is 9.06. The molecule has 1 atom stereocenters. The minimum absolute atomic E-state index is 0.0195. The second-order valence-electron chi connectivity index (χ2n) is 6.65. The molecule has 28 heavy (non-hydrogen) atoms. The Morgan fingerprint density at radius 1 is 1.29 bits per heavy atom. The van der Waals surface area contributed by atoms with Crippen LogP contribution in [0.3, 0.4) is 0 Å². The van der Waals surface area contributed by atoms with Gasteiger partial charge in [0, 0.05) is 25.4 Å². The molecule has 0 unspecified atom stereocenters. The van der Waals surface area contributed by atoms with Crippen LogP contribution in [-0.4, -0.2) is 48.6 Å². The fraction of sp³-hybridized carbons (Fsp3) is 0.400. The second-order valence-corrected chi connectivity index (χ2v) is 7.64. The number of likely N-dealkylation sites (tertiary alicyclic amines) is 1. The van der Waals surface area contributed by atoms with E-state index in [0.29, 0.717) is 16.2 Å². The van der Waals surface area contributed by atoms with Gasteiger partial charge in [-0.2, -0.15) is 5.26 Å². The summed E-state index contributed by atoms with van der Waals surface area (Å²) in [7, 11) is 1.31. The zero-order chi connectivity index (χ0) is 20.1. The maximum Gasteiger partial charge on any atom is 0.337 e. The zero-order valence-corrected chi connectivity index (χ0v) is 16.4. The Morgan fingerprint density at radius 2 is 1.96 bits per heavy atom. The van der Waals surface area contributed by atoms with Gasteiger partial charge in [-0.15, -0.1) is 0 Å². The normalized spacial score (nSPS) is 19.2. The summed E-state index contributed by atoms with van der Waals surface area (Å²) in [5.74, 6) is -0.840. The molecule has 0 radical (unpaired) electrons. The summed E-state index contributed by atoms with van der Waals surface area (Å²) in [6.45, 7) is 1.54. The summed E-state index contributed by atoms with van der Waals surface area (Å²) >= 11 is 1.20. The number of rotatable bonds is 5. The average Bonchev–Trinajstić information content (AvgIpc) is 3.26. The summed E-state index contributed by atoms with van der Waals surface area (Å²) in [4.78, 5) is 37.9. The highest BCUT2D eigenvalue weighted by Crippen LogP contribution is 2.36. The van der Waals surface area contributed by atoms with Crippen molar-refractivity contribution in [2.24, 2.45) is 0 Å². The van der Waals surface area contributed by atoms with E-state index >= 15 is 0 Å². The number of nitrogens with one attached hydrogen (secondary N) is 1. The van der Waals surface area contributed by atoms with Gasteiger partial charge in [-0.1, -0.05) is 23.9 Å². The summed E-state index contributed by atoms with van der Waals surface area (Å²) in [6.07, 6.45) is 2.18. The van der Waals surface area contributed by atoms with Crippen LogP contribution in [0.1, 0.15) is 41.1 Å². The van der Waals surface area contributed by atoms with Crippen molar-refractivity contribution >= 4 is 29.5 Å². The van der Waals surface area contributed by atoms with E-state index in [1.54, 1.807) is 24.3 Å². The first-order valence-corrected chi connectivity index (χ1v) is 10.0. The number of methoxy groups -OCH3 is 1. The third kappa shape index (κ3) is 4.37. The topological polar surface area (TPSA) is 99.5 Å². The molecule has 1 N–H and O–H groups in total. The number of hydrogen-bond acceptors (Lipinski definition) is 6. The fourth-order valence-corrected chi connectivity index (χ4v) is 4.36. The van der Waals surface area contributed by atoms with Gasteiger partial charge in [0.2, 0.25) is 11.8 Å². The molecule has 1 fully saturated rings. The molecule has 1 aromatic rings. The van der Waals surface area contributed by atoms with E-state index in [2.05, 4.69) is 11.4 Å². The van der Waals surface area contributed by atoms with Gasteiger partial charge in [-0.25, -0.2) is 4.79 Å². The standard InChI is InChI=1S/C20H21N3O4S/c1-27-20(26)14-6-4-13(5-7-14)15-10-17(24)22-19(16(15)11-21)28-12-18(25)23-8-2-3-9-23/h4-7,15H,2-3,8-10,12H2,1H3,(H,22,24)/t15-/m0/s1. The van der Waals surface area contributed by atoms with Crippen LogP contribution < -0.4 is 5.32 Å². The number of esters is 1. The maximum absolute atomic E-state index is 12.3. The molecule has 8 heteroatoms. The summed E-state index contributed by atoms with van der Waals surface area (Å²) < 4.78 is 4.69. The van der Waals surface area contributed by atoms with Gasteiger partial charge in [-0.05, 0) is 30.5 Å². The molecule has 7 nitrogen and oxygen atoms in total. The van der Waals surface area contributed by atoms with E-state index in [9.17, 15) is 19.6 Å². The number of ether oxygens (including phenoxy) is 1. The highest BCUT2D eigenvalue weighted by Gasteiger charge is 2.30. The third-order valence-electron chi connectivity index (χ3n) is 4.89. The zero-order valence-electron chi connectivity index (χ0n) is 15.6. The number of benzene rings is 1. The van der Waals surface area contributed by atoms with Gasteiger partial charge in [-0.3, -0.25) is 9.59 Å². The van der Waals surface area contributed by atoms with Gasteiger partial charge >= 0.3 is 5.97 Å². The van der Waals surface area contributed by atoms with Gasteiger partial charge in [0.05, 0.1) is 35.1 Å². The minimum Gasteiger partial charge on any atom is -0.465 e. The number of hydrogen-bond donors (Lipinski definition) is 1. The molecular formula is C20H21N3O4S. The van der Waals surface area contributed by atoms with E-state index in [-0.39, 0.29) is 24.0 Å². The number of nitriles is 1. The maximum atomic E-state index is 12.3. The van der Waals surface area contributed by atoms with E-state index in [4.69, 9.17) is 4.74 Å². The van der Waals surface area contributed by atoms with Crippen molar-refractivity contribution in [3.8, 4) is 6.07 Å². The van der Waals surface area contributed by atoms with Crippen LogP contribution in [0, 0.1) is 11.3 Å². The Kier molecular flexibility index (Phi) is 6.37. The van der Waals surface area contributed by atoms with Crippen molar-refractivity contribution in [2.75, 3.05) is 26.0 Å². The highest BCUT2D eigenvalue weighted by molar-refractivity contribution is 8.03. The lowest BCUT2D eigenvalue weighted by atomic mass is 9.87. The molecule has 2 amide bonds. The van der Waals surface area contributed by atoms with Crippen LogP contribution in [0.25, 0.3) is 0 Å². The lowest BCUT2D eigenvalue weighted by Crippen LogP contribution is -2.33. The van der Waals surface area contributed by atoms with Crippen molar-refractivity contribution in [1.29, 1.82) is 5.26 Å². The first kappa shape index (κ1) is 20.0. The van der Waals surface area contributed by atoms with Crippen molar-refractivity contribution < 1.29 is 19.1 Å². The first-order chi connectivity index (χ1) is 13.5. The summed E-state index contributed by atoms with van der Waals surface area (Å²) in [5, 5.41) is 12.9. The molecule has 0 aromatic heterocycles. The number of carbonyl (C=O) groups is 3. The smallest absolute Gasteiger partial charge is 0.337 e.